The van der Waals surface area contributed by atoms with Crippen molar-refractivity contribution in [3.05, 3.63) is 5.56 Å². The van der Waals surface area contributed by atoms with E-state index in [1.54, 1.807) is 0 Å². The normalized spacial score (nSPS) is 17.7. The Morgan fingerprint density at radius 3 is 2.80 bits per heavy atom. The van der Waals surface area contributed by atoms with Crippen molar-refractivity contribution < 1.29 is 0 Å². The lowest BCUT2D eigenvalue weighted by Crippen LogP contribution is -2.33. The smallest absolute Gasteiger partial charge is 0.170 e. The lowest BCUT2D eigenvalue weighted by atomic mass is 9.99. The summed E-state index contributed by atoms with van der Waals surface area (Å²) in [7, 11) is 0. The molecular weight excluding hydrogens is 190 g/mol. The zero-order chi connectivity index (χ0) is 10.8. The molecular formula is C10H15N5. The summed E-state index contributed by atoms with van der Waals surface area (Å²) in [5.41, 5.74) is 6.10. The summed E-state index contributed by atoms with van der Waals surface area (Å²) in [6, 6.07) is 2.09. The number of nitrogens with zero attached hydrogens (tertiary/aromatic N) is 3. The van der Waals surface area contributed by atoms with Gasteiger partial charge in [0.1, 0.15) is 17.5 Å². The molecule has 0 bridgehead atoms. The maximum atomic E-state index is 8.95. The fraction of sp³-hybridized carbons (Fsp3) is 0.600. The highest BCUT2D eigenvalue weighted by Gasteiger charge is 2.21. The summed E-state index contributed by atoms with van der Waals surface area (Å²) in [5, 5.41) is 15.7. The number of nitrogen functional groups attached to an aromatic ring is 1. The van der Waals surface area contributed by atoms with Crippen LogP contribution in [0.5, 0.6) is 0 Å². The number of hydrogen-bond donors (Lipinski definition) is 2. The van der Waals surface area contributed by atoms with Crippen LogP contribution in [0.3, 0.4) is 0 Å². The lowest BCUT2D eigenvalue weighted by Gasteiger charge is -2.30. The molecule has 15 heavy (non-hydrogen) atoms. The van der Waals surface area contributed by atoms with Crippen molar-refractivity contribution in [1.82, 2.24) is 10.2 Å². The van der Waals surface area contributed by atoms with Crippen molar-refractivity contribution in [2.24, 2.45) is 5.92 Å². The molecule has 0 amide bonds. The quantitative estimate of drug-likeness (QED) is 0.719. The Kier molecular flexibility index (Phi) is 2.50. The summed E-state index contributed by atoms with van der Waals surface area (Å²) in [6.07, 6.45) is 2.30. The van der Waals surface area contributed by atoms with Crippen LogP contribution < -0.4 is 10.6 Å². The van der Waals surface area contributed by atoms with Gasteiger partial charge in [-0.15, -0.1) is 0 Å². The first-order valence-corrected chi connectivity index (χ1v) is 5.21. The molecule has 0 aromatic carbocycles. The van der Waals surface area contributed by atoms with E-state index in [2.05, 4.69) is 28.1 Å². The van der Waals surface area contributed by atoms with Gasteiger partial charge in [-0.2, -0.15) is 10.4 Å². The Hall–Kier alpha value is -1.70. The van der Waals surface area contributed by atoms with Crippen molar-refractivity contribution in [3.63, 3.8) is 0 Å². The molecule has 2 heterocycles. The number of aromatic nitrogens is 2. The average molecular weight is 205 g/mol. The minimum absolute atomic E-state index is 0.367. The molecule has 5 nitrogen and oxygen atoms in total. The first-order valence-electron chi connectivity index (χ1n) is 5.21. The van der Waals surface area contributed by atoms with Crippen LogP contribution in [0.2, 0.25) is 0 Å². The van der Waals surface area contributed by atoms with Gasteiger partial charge in [-0.1, -0.05) is 6.92 Å². The molecule has 0 aliphatic carbocycles. The van der Waals surface area contributed by atoms with E-state index < -0.39 is 0 Å². The van der Waals surface area contributed by atoms with E-state index in [1.165, 1.54) is 0 Å². The number of piperidine rings is 1. The molecule has 1 saturated heterocycles. The van der Waals surface area contributed by atoms with Gasteiger partial charge in [0.05, 0.1) is 0 Å². The van der Waals surface area contributed by atoms with E-state index in [0.29, 0.717) is 17.2 Å². The van der Waals surface area contributed by atoms with Crippen molar-refractivity contribution in [3.8, 4) is 6.07 Å². The number of nitriles is 1. The first kappa shape index (κ1) is 9.84. The van der Waals surface area contributed by atoms with Crippen LogP contribution in [0.25, 0.3) is 0 Å². The van der Waals surface area contributed by atoms with Crippen molar-refractivity contribution in [2.75, 3.05) is 23.7 Å². The predicted octanol–water partition coefficient (Wildman–Crippen LogP) is 1.10. The van der Waals surface area contributed by atoms with Gasteiger partial charge in [0.15, 0.2) is 5.82 Å². The number of H-pyrrole nitrogens is 1. The minimum Gasteiger partial charge on any atom is -0.383 e. The molecule has 80 valence electrons. The van der Waals surface area contributed by atoms with E-state index in [4.69, 9.17) is 11.0 Å². The molecule has 0 spiro atoms. The van der Waals surface area contributed by atoms with Crippen molar-refractivity contribution >= 4 is 11.6 Å². The predicted molar refractivity (Wildman–Crippen MR) is 58.3 cm³/mol. The Labute approximate surface area is 88.9 Å². The standard InChI is InChI=1S/C10H15N5/c1-7-2-4-15(5-3-7)10-8(6-11)9(12)13-14-10/h7H,2-5H2,1H3,(H3,12,13,14). The maximum absolute atomic E-state index is 8.95. The van der Waals surface area contributed by atoms with Crippen molar-refractivity contribution in [1.29, 1.82) is 5.26 Å². The molecule has 0 atom stereocenters. The van der Waals surface area contributed by atoms with E-state index in [0.717, 1.165) is 31.8 Å². The zero-order valence-electron chi connectivity index (χ0n) is 8.82. The van der Waals surface area contributed by atoms with Gasteiger partial charge in [-0.3, -0.25) is 5.10 Å². The highest BCUT2D eigenvalue weighted by Crippen LogP contribution is 2.26. The van der Waals surface area contributed by atoms with Crippen LogP contribution in [0.4, 0.5) is 11.6 Å². The molecule has 2 rings (SSSR count). The van der Waals surface area contributed by atoms with Crippen LogP contribution >= 0.6 is 0 Å². The second-order valence-electron chi connectivity index (χ2n) is 4.12. The average Bonchev–Trinajstić information content (AvgIpc) is 2.61. The van der Waals surface area contributed by atoms with E-state index in [9.17, 15) is 0 Å². The summed E-state index contributed by atoms with van der Waals surface area (Å²) in [6.45, 7) is 4.17. The summed E-state index contributed by atoms with van der Waals surface area (Å²) < 4.78 is 0. The van der Waals surface area contributed by atoms with Crippen LogP contribution in [0.1, 0.15) is 25.3 Å². The highest BCUT2D eigenvalue weighted by atomic mass is 15.3. The van der Waals surface area contributed by atoms with Gasteiger partial charge in [0.2, 0.25) is 0 Å². The number of nitrogens with two attached hydrogens (primary N) is 1. The van der Waals surface area contributed by atoms with E-state index in [-0.39, 0.29) is 0 Å². The summed E-state index contributed by atoms with van der Waals surface area (Å²) in [5.74, 6) is 1.84. The van der Waals surface area contributed by atoms with E-state index >= 15 is 0 Å². The molecule has 1 aliphatic heterocycles. The third kappa shape index (κ3) is 1.75. The zero-order valence-corrected chi connectivity index (χ0v) is 8.82. The van der Waals surface area contributed by atoms with Gasteiger partial charge in [-0.25, -0.2) is 0 Å². The number of aromatic amines is 1. The van der Waals surface area contributed by atoms with E-state index in [1.807, 2.05) is 0 Å². The molecule has 1 aromatic rings. The molecule has 1 aliphatic rings. The Bertz CT molecular complexity index is 381. The fourth-order valence-corrected chi connectivity index (χ4v) is 1.90. The molecule has 5 heteroatoms. The molecule has 0 unspecified atom stereocenters. The largest absolute Gasteiger partial charge is 0.383 e. The fourth-order valence-electron chi connectivity index (χ4n) is 1.90. The number of hydrogen-bond acceptors (Lipinski definition) is 4. The Morgan fingerprint density at radius 1 is 1.53 bits per heavy atom. The van der Waals surface area contributed by atoms with Crippen LogP contribution in [0.15, 0.2) is 0 Å². The van der Waals surface area contributed by atoms with Gasteiger partial charge in [0.25, 0.3) is 0 Å². The molecule has 3 N–H and O–H groups in total. The minimum atomic E-state index is 0.367. The van der Waals surface area contributed by atoms with Crippen molar-refractivity contribution in [2.45, 2.75) is 19.8 Å². The third-order valence-electron chi connectivity index (χ3n) is 2.97. The monoisotopic (exact) mass is 205 g/mol. The number of anilines is 2. The maximum Gasteiger partial charge on any atom is 0.170 e. The van der Waals surface area contributed by atoms with Gasteiger partial charge < -0.3 is 10.6 Å². The second kappa shape index (κ2) is 3.81. The highest BCUT2D eigenvalue weighted by molar-refractivity contribution is 5.64. The third-order valence-corrected chi connectivity index (χ3v) is 2.97. The molecule has 1 aromatic heterocycles. The molecule has 0 saturated carbocycles. The van der Waals surface area contributed by atoms with Gasteiger partial charge >= 0.3 is 0 Å². The van der Waals surface area contributed by atoms with Crippen LogP contribution in [-0.4, -0.2) is 23.3 Å². The number of nitrogens with one attached hydrogen (secondary N) is 1. The first-order chi connectivity index (χ1) is 7.22. The Morgan fingerprint density at radius 2 is 2.20 bits per heavy atom. The lowest BCUT2D eigenvalue weighted by molar-refractivity contribution is 0.436. The molecule has 0 radical (unpaired) electrons. The summed E-state index contributed by atoms with van der Waals surface area (Å²) in [4.78, 5) is 2.13. The van der Waals surface area contributed by atoms with Crippen LogP contribution in [0, 0.1) is 17.2 Å². The van der Waals surface area contributed by atoms with Crippen LogP contribution in [-0.2, 0) is 0 Å². The SMILES string of the molecule is CC1CCN(c2n[nH]c(N)c2C#N)CC1. The Balaban J connectivity index is 2.20. The molecule has 1 fully saturated rings. The topological polar surface area (TPSA) is 81.7 Å². The summed E-state index contributed by atoms with van der Waals surface area (Å²) >= 11 is 0. The second-order valence-corrected chi connectivity index (χ2v) is 4.12. The van der Waals surface area contributed by atoms with Gasteiger partial charge in [0, 0.05) is 13.1 Å². The van der Waals surface area contributed by atoms with Gasteiger partial charge in [-0.05, 0) is 18.8 Å². The number of rotatable bonds is 1.